The molecule has 0 unspecified atom stereocenters. The van der Waals surface area contributed by atoms with E-state index in [4.69, 9.17) is 0 Å². The molecule has 0 radical (unpaired) electrons. The molecule has 0 nitrogen and oxygen atoms in total. The van der Waals surface area contributed by atoms with Crippen molar-refractivity contribution in [1.29, 1.82) is 0 Å². The summed E-state index contributed by atoms with van der Waals surface area (Å²) in [5, 5.41) is 2.76. The summed E-state index contributed by atoms with van der Waals surface area (Å²) in [4.78, 5) is 0. The lowest BCUT2D eigenvalue weighted by atomic mass is 9.42. The van der Waals surface area contributed by atoms with Crippen molar-refractivity contribution in [3.8, 4) is 11.1 Å². The van der Waals surface area contributed by atoms with Crippen LogP contribution in [0.5, 0.6) is 0 Å². The van der Waals surface area contributed by atoms with Gasteiger partial charge in [0.1, 0.15) is 0 Å². The van der Waals surface area contributed by atoms with Crippen molar-refractivity contribution >= 4 is 10.8 Å². The third-order valence-electron chi connectivity index (χ3n) is 9.92. The van der Waals surface area contributed by atoms with E-state index in [0.29, 0.717) is 0 Å². The maximum Gasteiger partial charge on any atom is 0.0266 e. The molecule has 4 aromatic carbocycles. The summed E-state index contributed by atoms with van der Waals surface area (Å²) in [6, 6.07) is 32.9. The third-order valence-corrected chi connectivity index (χ3v) is 9.92. The molecule has 5 aliphatic rings. The highest BCUT2D eigenvalue weighted by Gasteiger charge is 2.59. The van der Waals surface area contributed by atoms with Crippen molar-refractivity contribution in [1.82, 2.24) is 0 Å². The minimum Gasteiger partial charge on any atom is -0.0619 e. The lowest BCUT2D eigenvalue weighted by molar-refractivity contribution is -0.0415. The molecular weight excluding hydrogens is 396 g/mol. The van der Waals surface area contributed by atoms with Crippen LogP contribution in [-0.4, -0.2) is 0 Å². The number of hydrogen-bond acceptors (Lipinski definition) is 0. The van der Waals surface area contributed by atoms with E-state index in [1.807, 2.05) is 0 Å². The second kappa shape index (κ2) is 6.60. The van der Waals surface area contributed by atoms with Gasteiger partial charge in [-0.2, -0.15) is 0 Å². The van der Waals surface area contributed by atoms with Gasteiger partial charge in [0.25, 0.3) is 0 Å². The second-order valence-corrected chi connectivity index (χ2v) is 11.4. The van der Waals surface area contributed by atoms with Crippen LogP contribution in [0.15, 0.2) is 84.9 Å². The van der Waals surface area contributed by atoms with Crippen LogP contribution in [0, 0.1) is 23.7 Å². The molecule has 0 aromatic heterocycles. The van der Waals surface area contributed by atoms with E-state index in [9.17, 15) is 0 Å². The predicted molar refractivity (Wildman–Crippen MR) is 136 cm³/mol. The largest absolute Gasteiger partial charge is 0.0619 e. The van der Waals surface area contributed by atoms with Gasteiger partial charge in [-0.05, 0) is 106 Å². The van der Waals surface area contributed by atoms with Crippen LogP contribution in [0.1, 0.15) is 54.4 Å². The van der Waals surface area contributed by atoms with E-state index in [1.54, 1.807) is 22.3 Å². The van der Waals surface area contributed by atoms with Gasteiger partial charge in [0, 0.05) is 5.41 Å². The zero-order valence-corrected chi connectivity index (χ0v) is 19.1. The normalized spacial score (nSPS) is 31.0. The minimum atomic E-state index is 0.153. The van der Waals surface area contributed by atoms with Crippen LogP contribution in [0.4, 0.5) is 0 Å². The minimum absolute atomic E-state index is 0.153. The standard InChI is InChI=1S/C33H30/c1-2-7-24-20-27(13-12-23(24)6-1)33(28-15-21-14-22(17-28)18-29(33)16-21)31-11-5-9-26-19-25-8-3-4-10-30(25)32(26)31/h1-13,20-22,28-29H,14-19H2. The number of benzene rings is 4. The Morgan fingerprint density at radius 2 is 1.27 bits per heavy atom. The maximum atomic E-state index is 2.57. The molecule has 0 atom stereocenters. The first-order valence-corrected chi connectivity index (χ1v) is 13.0. The van der Waals surface area contributed by atoms with Gasteiger partial charge in [0.05, 0.1) is 0 Å². The Hall–Kier alpha value is -2.86. The monoisotopic (exact) mass is 426 g/mol. The van der Waals surface area contributed by atoms with Crippen molar-refractivity contribution in [2.45, 2.75) is 43.9 Å². The number of rotatable bonds is 2. The average molecular weight is 427 g/mol. The molecule has 0 heteroatoms. The van der Waals surface area contributed by atoms with Gasteiger partial charge in [0.2, 0.25) is 0 Å². The highest BCUT2D eigenvalue weighted by Crippen LogP contribution is 2.66. The Balaban J connectivity index is 1.44. The fraction of sp³-hybridized carbons (Fsp3) is 0.333. The summed E-state index contributed by atoms with van der Waals surface area (Å²) in [7, 11) is 0. The van der Waals surface area contributed by atoms with Crippen LogP contribution in [0.2, 0.25) is 0 Å². The van der Waals surface area contributed by atoms with Crippen molar-refractivity contribution in [3.05, 3.63) is 107 Å². The highest BCUT2D eigenvalue weighted by molar-refractivity contribution is 5.85. The van der Waals surface area contributed by atoms with Gasteiger partial charge < -0.3 is 0 Å². The van der Waals surface area contributed by atoms with E-state index in [2.05, 4.69) is 84.9 Å². The van der Waals surface area contributed by atoms with Crippen molar-refractivity contribution in [2.24, 2.45) is 23.7 Å². The van der Waals surface area contributed by atoms with Gasteiger partial charge in [0.15, 0.2) is 0 Å². The highest BCUT2D eigenvalue weighted by atomic mass is 14.6. The van der Waals surface area contributed by atoms with Gasteiger partial charge in [-0.25, -0.2) is 0 Å². The van der Waals surface area contributed by atoms with Gasteiger partial charge in [-0.15, -0.1) is 0 Å². The zero-order valence-electron chi connectivity index (χ0n) is 19.1. The second-order valence-electron chi connectivity index (χ2n) is 11.4. The van der Waals surface area contributed by atoms with Crippen molar-refractivity contribution < 1.29 is 0 Å². The maximum absolute atomic E-state index is 2.57. The van der Waals surface area contributed by atoms with Crippen LogP contribution >= 0.6 is 0 Å². The Bertz CT molecular complexity index is 1380. The molecular formula is C33H30. The molecule has 0 spiro atoms. The topological polar surface area (TPSA) is 0 Å². The zero-order chi connectivity index (χ0) is 21.6. The van der Waals surface area contributed by atoms with Crippen molar-refractivity contribution in [3.63, 3.8) is 0 Å². The van der Waals surface area contributed by atoms with Gasteiger partial charge in [-0.3, -0.25) is 0 Å². The predicted octanol–water partition coefficient (Wildman–Crippen LogP) is 8.15. The summed E-state index contributed by atoms with van der Waals surface area (Å²) >= 11 is 0. The molecule has 0 amide bonds. The van der Waals surface area contributed by atoms with E-state index in [-0.39, 0.29) is 5.41 Å². The Labute approximate surface area is 196 Å². The fourth-order valence-corrected chi connectivity index (χ4v) is 8.97. The summed E-state index contributed by atoms with van der Waals surface area (Å²) in [5.41, 5.74) is 9.52. The lowest BCUT2D eigenvalue weighted by Gasteiger charge is -2.62. The molecule has 4 bridgehead atoms. The molecule has 5 aliphatic carbocycles. The molecule has 33 heavy (non-hydrogen) atoms. The fourth-order valence-electron chi connectivity index (χ4n) is 8.97. The Morgan fingerprint density at radius 3 is 2.09 bits per heavy atom. The summed E-state index contributed by atoms with van der Waals surface area (Å²) < 4.78 is 0. The first-order chi connectivity index (χ1) is 16.3. The van der Waals surface area contributed by atoms with Crippen LogP contribution < -0.4 is 0 Å². The van der Waals surface area contributed by atoms with Crippen LogP contribution in [0.25, 0.3) is 21.9 Å². The average Bonchev–Trinajstić information content (AvgIpc) is 3.23. The molecule has 9 rings (SSSR count). The smallest absolute Gasteiger partial charge is 0.0266 e. The SMILES string of the molecule is c1ccc2c(c1)Cc1cccc(C3(c4ccc5ccccc5c4)C4CC5CC(C4)CC3C5)c1-2. The molecule has 4 aromatic rings. The van der Waals surface area contributed by atoms with Crippen molar-refractivity contribution in [2.75, 3.05) is 0 Å². The number of fused-ring (bicyclic) bond motifs is 4. The molecule has 0 saturated heterocycles. The van der Waals surface area contributed by atoms with E-state index in [1.165, 1.54) is 54.0 Å². The molecule has 0 aliphatic heterocycles. The quantitative estimate of drug-likeness (QED) is 0.267. The summed E-state index contributed by atoms with van der Waals surface area (Å²) in [6.07, 6.45) is 8.27. The molecule has 4 saturated carbocycles. The molecule has 4 fully saturated rings. The Kier molecular flexibility index (Phi) is 3.71. The summed E-state index contributed by atoms with van der Waals surface area (Å²) in [5.74, 6) is 3.47. The molecule has 0 N–H and O–H groups in total. The summed E-state index contributed by atoms with van der Waals surface area (Å²) in [6.45, 7) is 0. The van der Waals surface area contributed by atoms with E-state index in [0.717, 1.165) is 30.1 Å². The van der Waals surface area contributed by atoms with Crippen LogP contribution in [0.3, 0.4) is 0 Å². The number of hydrogen-bond donors (Lipinski definition) is 0. The van der Waals surface area contributed by atoms with Gasteiger partial charge in [-0.1, -0.05) is 84.9 Å². The van der Waals surface area contributed by atoms with E-state index < -0.39 is 0 Å². The van der Waals surface area contributed by atoms with E-state index >= 15 is 0 Å². The van der Waals surface area contributed by atoms with Gasteiger partial charge >= 0.3 is 0 Å². The first kappa shape index (κ1) is 18.6. The molecule has 162 valence electrons. The van der Waals surface area contributed by atoms with Crippen LogP contribution in [-0.2, 0) is 11.8 Å². The molecule has 0 heterocycles. The third kappa shape index (κ3) is 2.42. The first-order valence-electron chi connectivity index (χ1n) is 13.0. The Morgan fingerprint density at radius 1 is 0.576 bits per heavy atom. The lowest BCUT2D eigenvalue weighted by Crippen LogP contribution is -2.56.